The second-order valence-corrected chi connectivity index (χ2v) is 6.31. The number of nitrogens with one attached hydrogen (secondary N) is 2. The fraction of sp³-hybridized carbons (Fsp3) is 0.471. The highest BCUT2D eigenvalue weighted by atomic mass is 15.0. The Kier molecular flexibility index (Phi) is 4.29. The maximum absolute atomic E-state index is 4.72. The number of imidazole rings is 1. The molecular formula is C17H25N3. The van der Waals surface area contributed by atoms with Gasteiger partial charge in [0.1, 0.15) is 5.82 Å². The number of nitrogens with zero attached hydrogens (tertiary/aromatic N) is 1. The van der Waals surface area contributed by atoms with Crippen molar-refractivity contribution in [1.82, 2.24) is 15.3 Å². The van der Waals surface area contributed by atoms with Crippen LogP contribution in [-0.2, 0) is 13.0 Å². The maximum atomic E-state index is 4.72. The summed E-state index contributed by atoms with van der Waals surface area (Å²) in [4.78, 5) is 8.09. The van der Waals surface area contributed by atoms with E-state index in [4.69, 9.17) is 4.98 Å². The third-order valence-electron chi connectivity index (χ3n) is 3.36. The standard InChI is InChI=1S/C17H25N3/c1-6-13-7-9-14(10-8-13)16-12(2)19-15(20-16)11-18-17(3,4)5/h7-10,18H,6,11H2,1-5H3,(H,19,20). The van der Waals surface area contributed by atoms with Gasteiger partial charge in [0.05, 0.1) is 12.2 Å². The van der Waals surface area contributed by atoms with E-state index in [1.54, 1.807) is 0 Å². The SMILES string of the molecule is CCc1ccc(-c2nc(CNC(C)(C)C)[nH]c2C)cc1. The number of hydrogen-bond acceptors (Lipinski definition) is 2. The van der Waals surface area contributed by atoms with Crippen LogP contribution in [0.3, 0.4) is 0 Å². The van der Waals surface area contributed by atoms with Crippen molar-refractivity contribution in [2.75, 3.05) is 0 Å². The summed E-state index contributed by atoms with van der Waals surface area (Å²) in [5, 5.41) is 3.45. The van der Waals surface area contributed by atoms with E-state index in [0.717, 1.165) is 30.2 Å². The molecule has 0 radical (unpaired) electrons. The average Bonchev–Trinajstić information content (AvgIpc) is 2.77. The lowest BCUT2D eigenvalue weighted by Gasteiger charge is -2.19. The van der Waals surface area contributed by atoms with E-state index in [0.29, 0.717) is 0 Å². The van der Waals surface area contributed by atoms with Gasteiger partial charge in [0.25, 0.3) is 0 Å². The van der Waals surface area contributed by atoms with Crippen molar-refractivity contribution < 1.29 is 0 Å². The van der Waals surface area contributed by atoms with Crippen molar-refractivity contribution in [3.63, 3.8) is 0 Å². The summed E-state index contributed by atoms with van der Waals surface area (Å²) in [5.41, 5.74) is 4.82. The Morgan fingerprint density at radius 3 is 2.35 bits per heavy atom. The van der Waals surface area contributed by atoms with Gasteiger partial charge in [-0.2, -0.15) is 0 Å². The van der Waals surface area contributed by atoms with E-state index in [1.807, 2.05) is 0 Å². The molecule has 0 aliphatic rings. The van der Waals surface area contributed by atoms with E-state index >= 15 is 0 Å². The molecule has 0 spiro atoms. The lowest BCUT2D eigenvalue weighted by Crippen LogP contribution is -2.35. The van der Waals surface area contributed by atoms with E-state index in [-0.39, 0.29) is 5.54 Å². The Labute approximate surface area is 121 Å². The molecule has 0 bridgehead atoms. The summed E-state index contributed by atoms with van der Waals surface area (Å²) in [7, 11) is 0. The fourth-order valence-corrected chi connectivity index (χ4v) is 2.13. The molecule has 1 aromatic heterocycles. The Hall–Kier alpha value is -1.61. The van der Waals surface area contributed by atoms with Crippen LogP contribution in [0.15, 0.2) is 24.3 Å². The van der Waals surface area contributed by atoms with Crippen LogP contribution < -0.4 is 5.32 Å². The minimum absolute atomic E-state index is 0.101. The highest BCUT2D eigenvalue weighted by molar-refractivity contribution is 5.62. The Morgan fingerprint density at radius 2 is 1.80 bits per heavy atom. The first kappa shape index (κ1) is 14.8. The first-order chi connectivity index (χ1) is 9.39. The second kappa shape index (κ2) is 5.80. The number of aromatic amines is 1. The third-order valence-corrected chi connectivity index (χ3v) is 3.36. The zero-order chi connectivity index (χ0) is 14.8. The molecule has 2 N–H and O–H groups in total. The van der Waals surface area contributed by atoms with Gasteiger partial charge in [-0.1, -0.05) is 31.2 Å². The molecule has 3 nitrogen and oxygen atoms in total. The number of aryl methyl sites for hydroxylation is 2. The van der Waals surface area contributed by atoms with Gasteiger partial charge in [0.2, 0.25) is 0 Å². The summed E-state index contributed by atoms with van der Waals surface area (Å²) in [6.45, 7) is 11.5. The number of H-pyrrole nitrogens is 1. The van der Waals surface area contributed by atoms with Crippen LogP contribution in [0, 0.1) is 6.92 Å². The maximum Gasteiger partial charge on any atom is 0.121 e. The van der Waals surface area contributed by atoms with Crippen LogP contribution in [0.5, 0.6) is 0 Å². The highest BCUT2D eigenvalue weighted by Crippen LogP contribution is 2.22. The van der Waals surface area contributed by atoms with E-state index in [2.05, 4.69) is 69.2 Å². The van der Waals surface area contributed by atoms with Gasteiger partial charge in [0.15, 0.2) is 0 Å². The van der Waals surface area contributed by atoms with Gasteiger partial charge in [-0.3, -0.25) is 0 Å². The molecule has 1 aromatic carbocycles. The molecule has 0 saturated heterocycles. The monoisotopic (exact) mass is 271 g/mol. The molecule has 3 heteroatoms. The molecule has 108 valence electrons. The lowest BCUT2D eigenvalue weighted by atomic mass is 10.1. The molecular weight excluding hydrogens is 246 g/mol. The highest BCUT2D eigenvalue weighted by Gasteiger charge is 2.12. The summed E-state index contributed by atoms with van der Waals surface area (Å²) < 4.78 is 0. The molecule has 0 atom stereocenters. The smallest absolute Gasteiger partial charge is 0.121 e. The topological polar surface area (TPSA) is 40.7 Å². The van der Waals surface area contributed by atoms with Crippen LogP contribution in [0.4, 0.5) is 0 Å². The predicted octanol–water partition coefficient (Wildman–Crippen LogP) is 3.84. The molecule has 0 saturated carbocycles. The Balaban J connectivity index is 2.18. The molecule has 2 aromatic rings. The summed E-state index contributed by atoms with van der Waals surface area (Å²) in [6, 6.07) is 8.67. The normalized spacial score (nSPS) is 11.8. The van der Waals surface area contributed by atoms with Crippen molar-refractivity contribution in [3.8, 4) is 11.3 Å². The summed E-state index contributed by atoms with van der Waals surface area (Å²) in [5.74, 6) is 0.993. The van der Waals surface area contributed by atoms with E-state index < -0.39 is 0 Å². The number of aromatic nitrogens is 2. The van der Waals surface area contributed by atoms with Crippen LogP contribution in [-0.4, -0.2) is 15.5 Å². The first-order valence-corrected chi connectivity index (χ1v) is 7.29. The molecule has 2 rings (SSSR count). The zero-order valence-electron chi connectivity index (χ0n) is 13.2. The predicted molar refractivity (Wildman–Crippen MR) is 84.7 cm³/mol. The van der Waals surface area contributed by atoms with Crippen molar-refractivity contribution in [3.05, 3.63) is 41.3 Å². The molecule has 0 aliphatic carbocycles. The van der Waals surface area contributed by atoms with E-state index in [9.17, 15) is 0 Å². The van der Waals surface area contributed by atoms with Gasteiger partial charge in [0, 0.05) is 16.8 Å². The molecule has 20 heavy (non-hydrogen) atoms. The third kappa shape index (κ3) is 3.70. The molecule has 0 fully saturated rings. The minimum atomic E-state index is 0.101. The quantitative estimate of drug-likeness (QED) is 0.887. The van der Waals surface area contributed by atoms with Crippen LogP contribution in [0.1, 0.15) is 44.8 Å². The number of benzene rings is 1. The summed E-state index contributed by atoms with van der Waals surface area (Å²) in [6.07, 6.45) is 1.07. The first-order valence-electron chi connectivity index (χ1n) is 7.29. The van der Waals surface area contributed by atoms with Crippen molar-refractivity contribution in [1.29, 1.82) is 0 Å². The molecule has 0 unspecified atom stereocenters. The van der Waals surface area contributed by atoms with Gasteiger partial charge < -0.3 is 10.3 Å². The largest absolute Gasteiger partial charge is 0.344 e. The van der Waals surface area contributed by atoms with Gasteiger partial charge >= 0.3 is 0 Å². The van der Waals surface area contributed by atoms with Crippen LogP contribution in [0.2, 0.25) is 0 Å². The Morgan fingerprint density at radius 1 is 1.15 bits per heavy atom. The van der Waals surface area contributed by atoms with Crippen LogP contribution in [0.25, 0.3) is 11.3 Å². The summed E-state index contributed by atoms with van der Waals surface area (Å²) >= 11 is 0. The van der Waals surface area contributed by atoms with Crippen molar-refractivity contribution >= 4 is 0 Å². The van der Waals surface area contributed by atoms with Gasteiger partial charge in [-0.15, -0.1) is 0 Å². The minimum Gasteiger partial charge on any atom is -0.344 e. The van der Waals surface area contributed by atoms with Gasteiger partial charge in [-0.05, 0) is 39.7 Å². The van der Waals surface area contributed by atoms with Crippen molar-refractivity contribution in [2.24, 2.45) is 0 Å². The number of rotatable bonds is 4. The second-order valence-electron chi connectivity index (χ2n) is 6.31. The fourth-order valence-electron chi connectivity index (χ4n) is 2.13. The lowest BCUT2D eigenvalue weighted by molar-refractivity contribution is 0.418. The average molecular weight is 271 g/mol. The Bertz CT molecular complexity index is 559. The van der Waals surface area contributed by atoms with Gasteiger partial charge in [-0.25, -0.2) is 4.98 Å². The van der Waals surface area contributed by atoms with E-state index in [1.165, 1.54) is 11.1 Å². The number of hydrogen-bond donors (Lipinski definition) is 2. The van der Waals surface area contributed by atoms with Crippen LogP contribution >= 0.6 is 0 Å². The molecule has 1 heterocycles. The zero-order valence-corrected chi connectivity index (χ0v) is 13.2. The molecule has 0 amide bonds. The van der Waals surface area contributed by atoms with Crippen molar-refractivity contribution in [2.45, 2.75) is 53.1 Å². The molecule has 0 aliphatic heterocycles.